The van der Waals surface area contributed by atoms with Crippen LogP contribution in [-0.2, 0) is 9.53 Å². The Balaban J connectivity index is 2.40. The van der Waals surface area contributed by atoms with Gasteiger partial charge < -0.3 is 14.8 Å². The largest absolute Gasteiger partial charge is 0.453 e. The van der Waals surface area contributed by atoms with Crippen LogP contribution in [0.4, 0.5) is 4.79 Å². The Bertz CT molecular complexity index is 372. The number of carbonyl (C=O) groups excluding carboxylic acids is 2. The molecule has 1 aromatic carbocycles. The molecule has 0 spiro atoms. The summed E-state index contributed by atoms with van der Waals surface area (Å²) in [6.45, 7) is 1.71. The highest BCUT2D eigenvalue weighted by atomic mass is 16.5. The van der Waals surface area contributed by atoms with E-state index in [1.807, 2.05) is 19.1 Å². The van der Waals surface area contributed by atoms with Crippen molar-refractivity contribution >= 4 is 12.1 Å². The number of aryl methyl sites for hydroxylation is 1. The first kappa shape index (κ1) is 12.0. The van der Waals surface area contributed by atoms with Crippen LogP contribution in [0, 0.1) is 6.92 Å². The standard InChI is InChI=1S/C11H13NO4/c1-8-3-5-9(6-4-8)16-10(13)7-12-11(14)15-2/h3-6H,7H2,1-2H3,(H,12,14). The summed E-state index contributed by atoms with van der Waals surface area (Å²) in [7, 11) is 1.22. The van der Waals surface area contributed by atoms with Gasteiger partial charge in [-0.25, -0.2) is 9.59 Å². The Morgan fingerprint density at radius 1 is 1.25 bits per heavy atom. The van der Waals surface area contributed by atoms with E-state index in [0.29, 0.717) is 5.75 Å². The van der Waals surface area contributed by atoms with Gasteiger partial charge in [0.05, 0.1) is 7.11 Å². The minimum Gasteiger partial charge on any atom is -0.453 e. The lowest BCUT2D eigenvalue weighted by Gasteiger charge is -2.05. The fraction of sp³-hybridized carbons (Fsp3) is 0.273. The van der Waals surface area contributed by atoms with Crippen molar-refractivity contribution in [1.29, 1.82) is 0 Å². The van der Waals surface area contributed by atoms with Crippen LogP contribution in [-0.4, -0.2) is 25.7 Å². The number of carbonyl (C=O) groups is 2. The summed E-state index contributed by atoms with van der Waals surface area (Å²) >= 11 is 0. The van der Waals surface area contributed by atoms with Gasteiger partial charge in [-0.3, -0.25) is 0 Å². The third-order valence-corrected chi connectivity index (χ3v) is 1.82. The number of methoxy groups -OCH3 is 1. The first-order valence-corrected chi connectivity index (χ1v) is 4.71. The summed E-state index contributed by atoms with van der Waals surface area (Å²) in [4.78, 5) is 21.9. The highest BCUT2D eigenvalue weighted by molar-refractivity contribution is 5.79. The number of amides is 1. The van der Waals surface area contributed by atoms with Crippen molar-refractivity contribution < 1.29 is 19.1 Å². The number of esters is 1. The molecule has 1 rings (SSSR count). The molecule has 0 bridgehead atoms. The van der Waals surface area contributed by atoms with Crippen LogP contribution < -0.4 is 10.1 Å². The maximum atomic E-state index is 11.2. The second-order valence-corrected chi connectivity index (χ2v) is 3.13. The van der Waals surface area contributed by atoms with Crippen molar-refractivity contribution in [1.82, 2.24) is 5.32 Å². The summed E-state index contributed by atoms with van der Waals surface area (Å²) < 4.78 is 9.26. The van der Waals surface area contributed by atoms with E-state index in [4.69, 9.17) is 4.74 Å². The number of hydrogen-bond donors (Lipinski definition) is 1. The summed E-state index contributed by atoms with van der Waals surface area (Å²) in [6, 6.07) is 7.03. The molecule has 0 saturated carbocycles. The summed E-state index contributed by atoms with van der Waals surface area (Å²) in [6.07, 6.45) is -0.666. The fourth-order valence-electron chi connectivity index (χ4n) is 0.990. The Labute approximate surface area is 93.4 Å². The lowest BCUT2D eigenvalue weighted by atomic mass is 10.2. The lowest BCUT2D eigenvalue weighted by molar-refractivity contribution is -0.133. The number of ether oxygens (including phenoxy) is 2. The van der Waals surface area contributed by atoms with Crippen LogP contribution in [0.3, 0.4) is 0 Å². The Morgan fingerprint density at radius 3 is 2.44 bits per heavy atom. The van der Waals surface area contributed by atoms with Gasteiger partial charge in [-0.15, -0.1) is 0 Å². The Hall–Kier alpha value is -2.04. The predicted octanol–water partition coefficient (Wildman–Crippen LogP) is 1.26. The van der Waals surface area contributed by atoms with Gasteiger partial charge in [0.1, 0.15) is 12.3 Å². The highest BCUT2D eigenvalue weighted by Gasteiger charge is 2.06. The summed E-state index contributed by atoms with van der Waals surface area (Å²) in [5.41, 5.74) is 1.08. The van der Waals surface area contributed by atoms with Crippen molar-refractivity contribution in [2.75, 3.05) is 13.7 Å². The van der Waals surface area contributed by atoms with Gasteiger partial charge in [0.2, 0.25) is 0 Å². The van der Waals surface area contributed by atoms with Crippen LogP contribution in [0.15, 0.2) is 24.3 Å². The maximum absolute atomic E-state index is 11.2. The molecule has 5 heteroatoms. The van der Waals surface area contributed by atoms with E-state index in [9.17, 15) is 9.59 Å². The van der Waals surface area contributed by atoms with Crippen molar-refractivity contribution in [3.05, 3.63) is 29.8 Å². The normalized spacial score (nSPS) is 9.38. The molecule has 0 saturated heterocycles. The monoisotopic (exact) mass is 223 g/mol. The van der Waals surface area contributed by atoms with Gasteiger partial charge in [0, 0.05) is 0 Å². The minimum atomic E-state index is -0.666. The number of alkyl carbamates (subject to hydrolysis) is 1. The van der Waals surface area contributed by atoms with Crippen LogP contribution in [0.25, 0.3) is 0 Å². The third-order valence-electron chi connectivity index (χ3n) is 1.82. The molecule has 0 unspecified atom stereocenters. The van der Waals surface area contributed by atoms with Gasteiger partial charge in [0.25, 0.3) is 0 Å². The molecule has 0 aliphatic heterocycles. The van der Waals surface area contributed by atoms with Gasteiger partial charge in [0.15, 0.2) is 0 Å². The topological polar surface area (TPSA) is 64.6 Å². The smallest absolute Gasteiger partial charge is 0.407 e. The zero-order chi connectivity index (χ0) is 12.0. The Morgan fingerprint density at radius 2 is 1.88 bits per heavy atom. The molecule has 1 aromatic rings. The molecule has 0 radical (unpaired) electrons. The van der Waals surface area contributed by atoms with Crippen LogP contribution in [0.5, 0.6) is 5.75 Å². The highest BCUT2D eigenvalue weighted by Crippen LogP contribution is 2.11. The van der Waals surface area contributed by atoms with Crippen LogP contribution >= 0.6 is 0 Å². The van der Waals surface area contributed by atoms with E-state index in [0.717, 1.165) is 5.56 Å². The van der Waals surface area contributed by atoms with Crippen molar-refractivity contribution in [2.24, 2.45) is 0 Å². The van der Waals surface area contributed by atoms with E-state index in [1.165, 1.54) is 7.11 Å². The van der Waals surface area contributed by atoms with Gasteiger partial charge in [-0.2, -0.15) is 0 Å². The van der Waals surface area contributed by atoms with E-state index >= 15 is 0 Å². The number of benzene rings is 1. The van der Waals surface area contributed by atoms with Crippen LogP contribution in [0.1, 0.15) is 5.56 Å². The second-order valence-electron chi connectivity index (χ2n) is 3.13. The number of nitrogens with one attached hydrogen (secondary N) is 1. The molecule has 1 amide bonds. The zero-order valence-electron chi connectivity index (χ0n) is 9.15. The van der Waals surface area contributed by atoms with Crippen LogP contribution in [0.2, 0.25) is 0 Å². The molecule has 0 aliphatic carbocycles. The average molecular weight is 223 g/mol. The molecule has 86 valence electrons. The van der Waals surface area contributed by atoms with E-state index in [1.54, 1.807) is 12.1 Å². The first-order valence-electron chi connectivity index (χ1n) is 4.71. The SMILES string of the molecule is COC(=O)NCC(=O)Oc1ccc(C)cc1. The third kappa shape index (κ3) is 4.00. The molecular weight excluding hydrogens is 210 g/mol. The predicted molar refractivity (Wildman–Crippen MR) is 57.2 cm³/mol. The molecule has 5 nitrogen and oxygen atoms in total. The molecule has 0 aliphatic rings. The Kier molecular flexibility index (Phi) is 4.32. The summed E-state index contributed by atoms with van der Waals surface area (Å²) in [5, 5.41) is 2.23. The molecule has 0 fully saturated rings. The van der Waals surface area contributed by atoms with Gasteiger partial charge in [-0.05, 0) is 19.1 Å². The van der Waals surface area contributed by atoms with Crippen molar-refractivity contribution in [3.63, 3.8) is 0 Å². The summed E-state index contributed by atoms with van der Waals surface area (Å²) in [5.74, 6) is -0.100. The molecule has 0 aromatic heterocycles. The van der Waals surface area contributed by atoms with Crippen molar-refractivity contribution in [3.8, 4) is 5.75 Å². The number of hydrogen-bond acceptors (Lipinski definition) is 4. The van der Waals surface area contributed by atoms with Crippen molar-refractivity contribution in [2.45, 2.75) is 6.92 Å². The zero-order valence-corrected chi connectivity index (χ0v) is 9.15. The fourth-order valence-corrected chi connectivity index (χ4v) is 0.990. The van der Waals surface area contributed by atoms with Gasteiger partial charge >= 0.3 is 12.1 Å². The average Bonchev–Trinajstić information content (AvgIpc) is 2.29. The van der Waals surface area contributed by atoms with Gasteiger partial charge in [-0.1, -0.05) is 17.7 Å². The quantitative estimate of drug-likeness (QED) is 0.618. The first-order chi connectivity index (χ1) is 7.61. The molecule has 0 heterocycles. The minimum absolute atomic E-state index is 0.222. The van der Waals surface area contributed by atoms with E-state index in [2.05, 4.69) is 10.1 Å². The molecule has 0 atom stereocenters. The molecular formula is C11H13NO4. The second kappa shape index (κ2) is 5.75. The van der Waals surface area contributed by atoms with E-state index < -0.39 is 12.1 Å². The molecule has 16 heavy (non-hydrogen) atoms. The maximum Gasteiger partial charge on any atom is 0.407 e. The van der Waals surface area contributed by atoms with E-state index in [-0.39, 0.29) is 6.54 Å². The number of rotatable bonds is 3. The molecule has 1 N–H and O–H groups in total. The lowest BCUT2D eigenvalue weighted by Crippen LogP contribution is -2.31.